The molecule has 0 unspecified atom stereocenters. The molecule has 0 N–H and O–H groups in total. The van der Waals surface area contributed by atoms with E-state index in [0.29, 0.717) is 0 Å². The summed E-state index contributed by atoms with van der Waals surface area (Å²) >= 11 is 0. The van der Waals surface area contributed by atoms with Gasteiger partial charge in [-0.25, -0.2) is 0 Å². The van der Waals surface area contributed by atoms with Crippen molar-refractivity contribution in [3.8, 4) is 27.9 Å². The van der Waals surface area contributed by atoms with E-state index in [4.69, 9.17) is 0 Å². The Morgan fingerprint density at radius 2 is 0.854 bits per heavy atom. The van der Waals surface area contributed by atoms with Gasteiger partial charge in [-0.05, 0) is 99.8 Å². The molecular weight excluding hydrogens is 581 g/mol. The average Bonchev–Trinajstić information content (AvgIpc) is 3.50. The molecule has 2 heteroatoms. The molecule has 8 aromatic carbocycles. The van der Waals surface area contributed by atoms with Gasteiger partial charge in [0.05, 0.1) is 11.0 Å². The lowest BCUT2D eigenvalue weighted by atomic mass is 10.0. The maximum Gasteiger partial charge on any atom is 0.0541 e. The molecule has 0 spiro atoms. The summed E-state index contributed by atoms with van der Waals surface area (Å²) in [7, 11) is 0. The minimum absolute atomic E-state index is 1.11. The largest absolute Gasteiger partial charge is 0.310 e. The third-order valence-corrected chi connectivity index (χ3v) is 9.34. The van der Waals surface area contributed by atoms with Crippen LogP contribution < -0.4 is 4.90 Å². The van der Waals surface area contributed by atoms with Gasteiger partial charge >= 0.3 is 0 Å². The Kier molecular flexibility index (Phi) is 6.84. The molecule has 48 heavy (non-hydrogen) atoms. The van der Waals surface area contributed by atoms with E-state index in [0.717, 1.165) is 22.7 Å². The van der Waals surface area contributed by atoms with Crippen LogP contribution in [0.3, 0.4) is 0 Å². The predicted molar refractivity (Wildman–Crippen MR) is 204 cm³/mol. The van der Waals surface area contributed by atoms with E-state index in [2.05, 4.69) is 204 Å². The SMILES string of the molecule is c1ccc(N(c2ccc(-c3ccc4ccccc4c3)cc2)c2cccc(-c3cccc(-n4c5ccccc5c5ccccc54)c3)c2)cc1. The average molecular weight is 613 g/mol. The van der Waals surface area contributed by atoms with Gasteiger partial charge in [0.2, 0.25) is 0 Å². The number of rotatable bonds is 6. The van der Waals surface area contributed by atoms with Crippen LogP contribution in [-0.4, -0.2) is 4.57 Å². The second-order valence-electron chi connectivity index (χ2n) is 12.3. The lowest BCUT2D eigenvalue weighted by Crippen LogP contribution is -2.09. The summed E-state index contributed by atoms with van der Waals surface area (Å²) in [5.41, 5.74) is 11.7. The fraction of sp³-hybridized carbons (Fsp3) is 0. The van der Waals surface area contributed by atoms with Crippen molar-refractivity contribution in [1.29, 1.82) is 0 Å². The van der Waals surface area contributed by atoms with Crippen LogP contribution in [-0.2, 0) is 0 Å². The third kappa shape index (κ3) is 4.92. The molecule has 2 nitrogen and oxygen atoms in total. The summed E-state index contributed by atoms with van der Waals surface area (Å²) in [6, 6.07) is 69.9. The van der Waals surface area contributed by atoms with Gasteiger partial charge < -0.3 is 9.47 Å². The van der Waals surface area contributed by atoms with Crippen LogP contribution >= 0.6 is 0 Å². The molecule has 0 fully saturated rings. The van der Waals surface area contributed by atoms with Crippen molar-refractivity contribution in [3.63, 3.8) is 0 Å². The number of para-hydroxylation sites is 3. The van der Waals surface area contributed by atoms with E-state index < -0.39 is 0 Å². The van der Waals surface area contributed by atoms with E-state index in [1.807, 2.05) is 0 Å². The Morgan fingerprint density at radius 1 is 0.312 bits per heavy atom. The van der Waals surface area contributed by atoms with Crippen LogP contribution in [0.1, 0.15) is 0 Å². The molecule has 9 aromatic rings. The molecule has 0 aliphatic rings. The first-order valence-corrected chi connectivity index (χ1v) is 16.4. The first kappa shape index (κ1) is 27.9. The third-order valence-electron chi connectivity index (χ3n) is 9.34. The van der Waals surface area contributed by atoms with Gasteiger partial charge in [0.15, 0.2) is 0 Å². The highest BCUT2D eigenvalue weighted by Crippen LogP contribution is 2.38. The highest BCUT2D eigenvalue weighted by Gasteiger charge is 2.15. The Balaban J connectivity index is 1.11. The van der Waals surface area contributed by atoms with Crippen LogP contribution in [0.2, 0.25) is 0 Å². The number of fused-ring (bicyclic) bond motifs is 4. The standard InChI is InChI=1S/C46H32N2/c1-2-16-39(17-3-1)47(40-28-26-34(27-29-40)38-25-24-33-12-4-5-13-35(33)30-38)41-18-10-14-36(31-41)37-15-11-19-42(32-37)48-45-22-8-6-20-43(45)44-21-7-9-23-46(44)48/h1-32H. The second-order valence-corrected chi connectivity index (χ2v) is 12.3. The zero-order valence-corrected chi connectivity index (χ0v) is 26.4. The van der Waals surface area contributed by atoms with Gasteiger partial charge in [-0.1, -0.05) is 127 Å². The molecule has 0 aliphatic carbocycles. The number of hydrogen-bond acceptors (Lipinski definition) is 1. The molecule has 9 rings (SSSR count). The maximum absolute atomic E-state index is 2.38. The summed E-state index contributed by atoms with van der Waals surface area (Å²) in [6.07, 6.45) is 0. The molecule has 1 heterocycles. The van der Waals surface area contributed by atoms with Crippen LogP contribution in [0.4, 0.5) is 17.1 Å². The lowest BCUT2D eigenvalue weighted by molar-refractivity contribution is 1.18. The summed E-state index contributed by atoms with van der Waals surface area (Å²) in [6.45, 7) is 0. The number of hydrogen-bond donors (Lipinski definition) is 0. The number of aromatic nitrogens is 1. The summed E-state index contributed by atoms with van der Waals surface area (Å²) in [5.74, 6) is 0. The van der Waals surface area contributed by atoms with Gasteiger partial charge in [-0.15, -0.1) is 0 Å². The molecule has 226 valence electrons. The number of anilines is 3. The Bertz CT molecular complexity index is 2510. The zero-order chi connectivity index (χ0) is 31.9. The second kappa shape index (κ2) is 11.8. The normalized spacial score (nSPS) is 11.3. The molecule has 0 radical (unpaired) electrons. The van der Waals surface area contributed by atoms with Crippen LogP contribution in [0, 0.1) is 0 Å². The molecular formula is C46H32N2. The fourth-order valence-electron chi connectivity index (χ4n) is 7.05. The Labute approximate surface area is 280 Å². The van der Waals surface area contributed by atoms with Crippen molar-refractivity contribution in [1.82, 2.24) is 4.57 Å². The molecule has 0 saturated heterocycles. The highest BCUT2D eigenvalue weighted by molar-refractivity contribution is 6.09. The monoisotopic (exact) mass is 612 g/mol. The van der Waals surface area contributed by atoms with Crippen LogP contribution in [0.15, 0.2) is 194 Å². The molecule has 0 saturated carbocycles. The lowest BCUT2D eigenvalue weighted by Gasteiger charge is -2.26. The Hall–Kier alpha value is -6.38. The smallest absolute Gasteiger partial charge is 0.0541 e. The van der Waals surface area contributed by atoms with Gasteiger partial charge in [-0.3, -0.25) is 0 Å². The number of nitrogens with zero attached hydrogens (tertiary/aromatic N) is 2. The minimum atomic E-state index is 1.11. The van der Waals surface area contributed by atoms with Gasteiger partial charge in [0, 0.05) is 33.5 Å². The van der Waals surface area contributed by atoms with Crippen molar-refractivity contribution in [2.24, 2.45) is 0 Å². The molecule has 0 amide bonds. The van der Waals surface area contributed by atoms with E-state index in [1.54, 1.807) is 0 Å². The van der Waals surface area contributed by atoms with Gasteiger partial charge in [0.1, 0.15) is 0 Å². The van der Waals surface area contributed by atoms with Crippen molar-refractivity contribution < 1.29 is 0 Å². The predicted octanol–water partition coefficient (Wildman–Crippen LogP) is 12.7. The topological polar surface area (TPSA) is 8.17 Å². The van der Waals surface area contributed by atoms with Crippen molar-refractivity contribution in [3.05, 3.63) is 194 Å². The summed E-state index contributed by atoms with van der Waals surface area (Å²) < 4.78 is 2.38. The van der Waals surface area contributed by atoms with Crippen molar-refractivity contribution in [2.45, 2.75) is 0 Å². The summed E-state index contributed by atoms with van der Waals surface area (Å²) in [5, 5.41) is 5.05. The van der Waals surface area contributed by atoms with Crippen LogP contribution in [0.25, 0.3) is 60.5 Å². The number of benzene rings is 8. The molecule has 0 atom stereocenters. The minimum Gasteiger partial charge on any atom is -0.310 e. The van der Waals surface area contributed by atoms with Crippen LogP contribution in [0.5, 0.6) is 0 Å². The van der Waals surface area contributed by atoms with E-state index >= 15 is 0 Å². The summed E-state index contributed by atoms with van der Waals surface area (Å²) in [4.78, 5) is 2.34. The quantitative estimate of drug-likeness (QED) is 0.181. The van der Waals surface area contributed by atoms with Gasteiger partial charge in [-0.2, -0.15) is 0 Å². The van der Waals surface area contributed by atoms with Gasteiger partial charge in [0.25, 0.3) is 0 Å². The Morgan fingerprint density at radius 3 is 1.60 bits per heavy atom. The highest BCUT2D eigenvalue weighted by atomic mass is 15.1. The first-order valence-electron chi connectivity index (χ1n) is 16.4. The van der Waals surface area contributed by atoms with E-state index in [9.17, 15) is 0 Å². The van der Waals surface area contributed by atoms with Crippen molar-refractivity contribution >= 4 is 49.6 Å². The van der Waals surface area contributed by atoms with E-state index in [-0.39, 0.29) is 0 Å². The maximum atomic E-state index is 2.38. The molecule has 0 bridgehead atoms. The van der Waals surface area contributed by atoms with E-state index in [1.165, 1.54) is 54.8 Å². The first-order chi connectivity index (χ1) is 23.8. The molecule has 0 aliphatic heterocycles. The zero-order valence-electron chi connectivity index (χ0n) is 26.4. The van der Waals surface area contributed by atoms with Crippen molar-refractivity contribution in [2.75, 3.05) is 4.90 Å². The fourth-order valence-corrected chi connectivity index (χ4v) is 7.05. The molecule has 1 aromatic heterocycles.